The Morgan fingerprint density at radius 3 is 2.41 bits per heavy atom. The van der Waals surface area contributed by atoms with Crippen LogP contribution in [0.25, 0.3) is 6.08 Å². The van der Waals surface area contributed by atoms with Crippen molar-refractivity contribution in [2.75, 3.05) is 13.1 Å². The number of piperidine rings is 1. The zero-order valence-electron chi connectivity index (χ0n) is 16.4. The summed E-state index contributed by atoms with van der Waals surface area (Å²) >= 11 is 5.86. The smallest absolute Gasteiger partial charge is 0.260 e. The number of likely N-dealkylation sites (tertiary alicyclic amines) is 1. The van der Waals surface area contributed by atoms with Crippen molar-refractivity contribution in [2.45, 2.75) is 31.9 Å². The van der Waals surface area contributed by atoms with Crippen LogP contribution in [-0.4, -0.2) is 41.9 Å². The van der Waals surface area contributed by atoms with E-state index >= 15 is 0 Å². The predicted molar refractivity (Wildman–Crippen MR) is 115 cm³/mol. The van der Waals surface area contributed by atoms with Gasteiger partial charge in [-0.2, -0.15) is 0 Å². The maximum Gasteiger partial charge on any atom is 0.260 e. The van der Waals surface area contributed by atoms with Gasteiger partial charge in [0.25, 0.3) is 5.91 Å². The topological polar surface area (TPSA) is 58.6 Å². The second kappa shape index (κ2) is 10.1. The third-order valence-electron chi connectivity index (χ3n) is 4.87. The number of ether oxygens (including phenoxy) is 1. The normalized spacial score (nSPS) is 15.9. The molecule has 1 aliphatic rings. The molecule has 1 unspecified atom stereocenters. The quantitative estimate of drug-likeness (QED) is 0.731. The molecule has 1 aliphatic heterocycles. The number of hydrogen-bond donors (Lipinski definition) is 1. The van der Waals surface area contributed by atoms with Crippen LogP contribution >= 0.6 is 11.6 Å². The SMILES string of the molecule is CC(Oc1ccc(Cl)cc1)C(=O)NC1CCN(C(=O)/C=C/c2ccccc2)CC1. The zero-order valence-corrected chi connectivity index (χ0v) is 17.1. The van der Waals surface area contributed by atoms with Gasteiger partial charge in [0.05, 0.1) is 0 Å². The maximum atomic E-state index is 12.4. The number of nitrogens with zero attached hydrogens (tertiary/aromatic N) is 1. The molecule has 6 heteroatoms. The lowest BCUT2D eigenvalue weighted by atomic mass is 10.0. The first kappa shape index (κ1) is 20.9. The van der Waals surface area contributed by atoms with Crippen LogP contribution in [0.3, 0.4) is 0 Å². The van der Waals surface area contributed by atoms with Gasteiger partial charge in [-0.25, -0.2) is 0 Å². The van der Waals surface area contributed by atoms with E-state index in [9.17, 15) is 9.59 Å². The number of amides is 2. The summed E-state index contributed by atoms with van der Waals surface area (Å²) in [6.45, 7) is 2.96. The Balaban J connectivity index is 1.43. The number of carbonyl (C=O) groups excluding carboxylic acids is 2. The Morgan fingerprint density at radius 2 is 1.76 bits per heavy atom. The fraction of sp³-hybridized carbons (Fsp3) is 0.304. The second-order valence-corrected chi connectivity index (χ2v) is 7.50. The number of carbonyl (C=O) groups is 2. The van der Waals surface area contributed by atoms with Crippen molar-refractivity contribution in [3.05, 3.63) is 71.3 Å². The third kappa shape index (κ3) is 6.36. The first-order chi connectivity index (χ1) is 14.0. The standard InChI is InChI=1S/C23H25ClN2O3/c1-17(29-21-10-8-19(24)9-11-21)23(28)25-20-13-15-26(16-14-20)22(27)12-7-18-5-3-2-4-6-18/h2-12,17,20H,13-16H2,1H3,(H,25,28)/b12-7+. The van der Waals surface area contributed by atoms with Crippen LogP contribution < -0.4 is 10.1 Å². The van der Waals surface area contributed by atoms with Gasteiger partial charge >= 0.3 is 0 Å². The minimum Gasteiger partial charge on any atom is -0.481 e. The van der Waals surface area contributed by atoms with Gasteiger partial charge in [-0.15, -0.1) is 0 Å². The second-order valence-electron chi connectivity index (χ2n) is 7.07. The summed E-state index contributed by atoms with van der Waals surface area (Å²) in [6, 6.07) is 16.7. The zero-order chi connectivity index (χ0) is 20.6. The molecule has 0 bridgehead atoms. The van der Waals surface area contributed by atoms with Crippen LogP contribution in [0.15, 0.2) is 60.7 Å². The average molecular weight is 413 g/mol. The van der Waals surface area contributed by atoms with Gasteiger partial charge in [0.15, 0.2) is 6.10 Å². The van der Waals surface area contributed by atoms with E-state index in [2.05, 4.69) is 5.32 Å². The van der Waals surface area contributed by atoms with Crippen LogP contribution in [0.1, 0.15) is 25.3 Å². The van der Waals surface area contributed by atoms with Gasteiger partial charge in [0.1, 0.15) is 5.75 Å². The Kier molecular flexibility index (Phi) is 7.30. The Bertz CT molecular complexity index is 844. The van der Waals surface area contributed by atoms with Gasteiger partial charge in [-0.3, -0.25) is 9.59 Å². The molecule has 152 valence electrons. The van der Waals surface area contributed by atoms with E-state index in [1.165, 1.54) is 0 Å². The van der Waals surface area contributed by atoms with Gasteiger partial charge in [0, 0.05) is 30.2 Å². The average Bonchev–Trinajstić information content (AvgIpc) is 2.75. The molecular formula is C23H25ClN2O3. The Hall–Kier alpha value is -2.79. The highest BCUT2D eigenvalue weighted by atomic mass is 35.5. The summed E-state index contributed by atoms with van der Waals surface area (Å²) in [5.74, 6) is 0.439. The molecule has 0 spiro atoms. The van der Waals surface area contributed by atoms with Gasteiger partial charge in [-0.1, -0.05) is 41.9 Å². The van der Waals surface area contributed by atoms with Crippen LogP contribution in [0.2, 0.25) is 5.02 Å². The summed E-state index contributed by atoms with van der Waals surface area (Å²) < 4.78 is 5.66. The van der Waals surface area contributed by atoms with Crippen LogP contribution in [0, 0.1) is 0 Å². The number of benzene rings is 2. The number of nitrogens with one attached hydrogen (secondary N) is 1. The fourth-order valence-electron chi connectivity index (χ4n) is 3.17. The number of halogens is 1. The highest BCUT2D eigenvalue weighted by molar-refractivity contribution is 6.30. The monoisotopic (exact) mass is 412 g/mol. The molecule has 29 heavy (non-hydrogen) atoms. The summed E-state index contributed by atoms with van der Waals surface area (Å²) in [7, 11) is 0. The number of hydrogen-bond acceptors (Lipinski definition) is 3. The van der Waals surface area contributed by atoms with Crippen molar-refractivity contribution in [1.82, 2.24) is 10.2 Å². The van der Waals surface area contributed by atoms with E-state index in [4.69, 9.17) is 16.3 Å². The van der Waals surface area contributed by atoms with E-state index in [0.717, 1.165) is 18.4 Å². The lowest BCUT2D eigenvalue weighted by Crippen LogP contribution is -2.49. The van der Waals surface area contributed by atoms with E-state index in [-0.39, 0.29) is 17.9 Å². The van der Waals surface area contributed by atoms with Crippen molar-refractivity contribution >= 4 is 29.5 Å². The lowest BCUT2D eigenvalue weighted by Gasteiger charge is -2.32. The van der Waals surface area contributed by atoms with Crippen LogP contribution in [-0.2, 0) is 9.59 Å². The molecule has 1 saturated heterocycles. The van der Waals surface area contributed by atoms with E-state index in [1.54, 1.807) is 37.3 Å². The molecule has 1 N–H and O–H groups in total. The summed E-state index contributed by atoms with van der Waals surface area (Å²) in [5, 5.41) is 3.64. The molecule has 1 heterocycles. The molecule has 1 fully saturated rings. The van der Waals surface area contributed by atoms with Gasteiger partial charge in [-0.05, 0) is 55.7 Å². The van der Waals surface area contributed by atoms with Gasteiger partial charge in [0.2, 0.25) is 5.91 Å². The van der Waals surface area contributed by atoms with Crippen molar-refractivity contribution in [2.24, 2.45) is 0 Å². The third-order valence-corrected chi connectivity index (χ3v) is 5.12. The van der Waals surface area contributed by atoms with E-state index < -0.39 is 6.10 Å². The highest BCUT2D eigenvalue weighted by Gasteiger charge is 2.25. The molecule has 5 nitrogen and oxygen atoms in total. The van der Waals surface area contributed by atoms with Crippen molar-refractivity contribution < 1.29 is 14.3 Å². The summed E-state index contributed by atoms with van der Waals surface area (Å²) in [5.41, 5.74) is 0.998. The molecular weight excluding hydrogens is 388 g/mol. The Labute approximate surface area is 176 Å². The molecule has 3 rings (SSSR count). The molecule has 0 radical (unpaired) electrons. The summed E-state index contributed by atoms with van der Waals surface area (Å²) in [6.07, 6.45) is 4.28. The van der Waals surface area contributed by atoms with Crippen molar-refractivity contribution in [3.63, 3.8) is 0 Å². The largest absolute Gasteiger partial charge is 0.481 e. The molecule has 1 atom stereocenters. The van der Waals surface area contributed by atoms with Crippen molar-refractivity contribution in [3.8, 4) is 5.75 Å². The molecule has 2 aromatic rings. The van der Waals surface area contributed by atoms with E-state index in [0.29, 0.717) is 23.9 Å². The highest BCUT2D eigenvalue weighted by Crippen LogP contribution is 2.17. The van der Waals surface area contributed by atoms with Crippen molar-refractivity contribution in [1.29, 1.82) is 0 Å². The number of rotatable bonds is 6. The minimum atomic E-state index is -0.607. The maximum absolute atomic E-state index is 12.4. The molecule has 0 aliphatic carbocycles. The fourth-order valence-corrected chi connectivity index (χ4v) is 3.30. The lowest BCUT2D eigenvalue weighted by molar-refractivity contribution is -0.129. The molecule has 0 aromatic heterocycles. The predicted octanol–water partition coefficient (Wildman–Crippen LogP) is 3.93. The molecule has 0 saturated carbocycles. The Morgan fingerprint density at radius 1 is 1.10 bits per heavy atom. The summed E-state index contributed by atoms with van der Waals surface area (Å²) in [4.78, 5) is 26.6. The molecule has 2 amide bonds. The van der Waals surface area contributed by atoms with Crippen LogP contribution in [0.5, 0.6) is 5.75 Å². The van der Waals surface area contributed by atoms with Crippen LogP contribution in [0.4, 0.5) is 0 Å². The van der Waals surface area contributed by atoms with E-state index in [1.807, 2.05) is 41.3 Å². The van der Waals surface area contributed by atoms with Gasteiger partial charge < -0.3 is 15.0 Å². The molecule has 2 aromatic carbocycles. The first-order valence-electron chi connectivity index (χ1n) is 9.76. The minimum absolute atomic E-state index is 0.00179. The first-order valence-corrected chi connectivity index (χ1v) is 10.1.